The summed E-state index contributed by atoms with van der Waals surface area (Å²) < 4.78 is 174. The number of rotatable bonds is 26. The maximum atomic E-state index is 12.4. The van der Waals surface area contributed by atoms with Crippen LogP contribution in [0.2, 0.25) is 19.6 Å². The molecule has 46 heteroatoms. The van der Waals surface area contributed by atoms with E-state index in [4.69, 9.17) is 33.8 Å². The van der Waals surface area contributed by atoms with Gasteiger partial charge in [-0.3, -0.25) is 29.2 Å². The molecule has 706 valence electrons. The molecule has 0 saturated heterocycles. The Morgan fingerprint density at radius 1 is 0.379 bits per heavy atom. The highest BCUT2D eigenvalue weighted by Crippen LogP contribution is 2.20. The number of esters is 4. The van der Waals surface area contributed by atoms with Crippen LogP contribution in [0.25, 0.3) is 0 Å². The Hall–Kier alpha value is -10.8. The highest BCUT2D eigenvalue weighted by Gasteiger charge is 2.35. The van der Waals surface area contributed by atoms with E-state index in [0.29, 0.717) is 28.1 Å². The molecule has 8 aromatic rings. The van der Waals surface area contributed by atoms with Gasteiger partial charge in [0.25, 0.3) is 25.0 Å². The average Bonchev–Trinajstić information content (AvgIpc) is 0.833. The van der Waals surface area contributed by atoms with Crippen LogP contribution in [0.5, 0.6) is 0 Å². The second-order valence-corrected chi connectivity index (χ2v) is 46.3. The van der Waals surface area contributed by atoms with Gasteiger partial charge in [0.15, 0.2) is 5.03 Å². The van der Waals surface area contributed by atoms with Gasteiger partial charge < -0.3 is 55.9 Å². The Kier molecular flexibility index (Phi) is 47.6. The standard InChI is InChI=1S/C21H20N2O5S.C19H18N4O5S.C16H23NO5SSi.C13H15NO5S.C11H14INO5S.C6H4ClIO2S/c1-15(24)20(21(25)28-2)23-29(26,27)19-13-9-17(10-14-19)6-4-3-5-16-7-11-18(22)12-8-16;1-13(24)18(19(25)22-26)23-29(27,28)17-11-8-15(12-21-17)5-3-2-4-14-6-9-16(20)10-7-14;1-12(18)15(16(19)22-2)17-23(20,21)14-8-6-13(7-9-14)10-11-24(3,4)5;1-4-10-5-7-11(8-6-10)20(17,18)14-12(9(2)15)13(16)19-3;1-7(14)10(11(15)18-2)13-19(16,17)9-5-3-8(12)4-6-9;7-11(9,10)6-3-1-5(8)2-4-6/h7-15,20,23-24H,22H2,1-2H3;6-13,18,23-24,26H,20H2,1H3,(H,22,25);6-9,12,15,17-18H,1-5H3;1,5-9,12,14-15H,2-3H3;3-7,10,13-14H,1-2H3;1-4H/t15-,20+;13-,18+;12-,15+;9-,12+;7-,10+;/m11111./s1. The summed E-state index contributed by atoms with van der Waals surface area (Å²) in [5.41, 5.74) is 20.7. The molecule has 8 rings (SSSR count). The average molecular weight is 2200 g/mol. The predicted octanol–water partition coefficient (Wildman–Crippen LogP) is 4.17. The van der Waals surface area contributed by atoms with E-state index in [-0.39, 0.29) is 29.5 Å². The number of nitrogens with zero attached hydrogens (tertiary/aromatic N) is 1. The van der Waals surface area contributed by atoms with Gasteiger partial charge in [0.2, 0.25) is 40.1 Å². The van der Waals surface area contributed by atoms with Crippen molar-refractivity contribution in [3.8, 4) is 71.2 Å². The molecular formula is C86H94ClI2N9O27S6Si. The summed E-state index contributed by atoms with van der Waals surface area (Å²) in [6.45, 7) is 12.7. The molecule has 0 aliphatic carbocycles. The van der Waals surface area contributed by atoms with Crippen molar-refractivity contribution in [2.45, 2.75) is 144 Å². The van der Waals surface area contributed by atoms with Gasteiger partial charge in [-0.25, -0.2) is 61.0 Å². The van der Waals surface area contributed by atoms with Crippen molar-refractivity contribution in [2.24, 2.45) is 0 Å². The van der Waals surface area contributed by atoms with Crippen molar-refractivity contribution in [2.75, 3.05) is 39.9 Å². The molecule has 10 atom stereocenters. The molecule has 1 amide bonds. The number of aromatic nitrogens is 1. The largest absolute Gasteiger partial charge is 0.468 e. The Balaban J connectivity index is 0.000000416. The Bertz CT molecular complexity index is 6210. The molecule has 0 spiro atoms. The quantitative estimate of drug-likeness (QED) is 0.00416. The van der Waals surface area contributed by atoms with Crippen LogP contribution < -0.4 is 40.6 Å². The van der Waals surface area contributed by atoms with E-state index in [0.717, 1.165) is 52.3 Å². The predicted molar refractivity (Wildman–Crippen MR) is 509 cm³/mol. The molecule has 0 aliphatic rings. The molecule has 0 unspecified atom stereocenters. The Morgan fingerprint density at radius 2 is 0.621 bits per heavy atom. The first kappa shape index (κ1) is 115. The number of aliphatic hydroxyl groups is 5. The van der Waals surface area contributed by atoms with Crippen LogP contribution in [0, 0.1) is 78.3 Å². The molecule has 0 fully saturated rings. The van der Waals surface area contributed by atoms with Crippen LogP contribution in [-0.2, 0) is 102 Å². The molecule has 0 aliphatic heterocycles. The molecule has 16 N–H and O–H groups in total. The summed E-state index contributed by atoms with van der Waals surface area (Å²) in [5, 5.41) is 55.9. The summed E-state index contributed by atoms with van der Waals surface area (Å²) in [6, 6.07) is 39.3. The zero-order valence-electron chi connectivity index (χ0n) is 72.2. The van der Waals surface area contributed by atoms with Gasteiger partial charge in [-0.2, -0.15) is 23.6 Å². The fraction of sp³-hybridized carbons (Fsp3) is 0.256. The number of amides is 1. The number of methoxy groups -OCH3 is 4. The van der Waals surface area contributed by atoms with Gasteiger partial charge in [0.1, 0.15) is 38.3 Å². The van der Waals surface area contributed by atoms with Crippen LogP contribution in [-0.4, -0.2) is 213 Å². The van der Waals surface area contributed by atoms with Crippen molar-refractivity contribution in [3.63, 3.8) is 0 Å². The number of nitrogens with two attached hydrogens (primary N) is 2. The van der Waals surface area contributed by atoms with E-state index >= 15 is 0 Å². The summed E-state index contributed by atoms with van der Waals surface area (Å²) in [6.07, 6.45) is 0.0961. The van der Waals surface area contributed by atoms with E-state index in [1.54, 1.807) is 84.9 Å². The minimum atomic E-state index is -4.22. The molecular weight excluding hydrogens is 2100 g/mol. The lowest BCUT2D eigenvalue weighted by molar-refractivity contribution is -0.146. The molecule has 7 aromatic carbocycles. The third kappa shape index (κ3) is 40.8. The van der Waals surface area contributed by atoms with Gasteiger partial charge in [0.05, 0.1) is 83.4 Å². The number of anilines is 2. The Labute approximate surface area is 799 Å². The number of benzene rings is 7. The third-order valence-corrected chi connectivity index (χ3v) is 27.2. The number of nitrogens with one attached hydrogen (secondary N) is 6. The number of halogens is 3. The van der Waals surface area contributed by atoms with Crippen LogP contribution in [0.1, 0.15) is 68.0 Å². The molecule has 132 heavy (non-hydrogen) atoms. The topological polar surface area (TPSA) is 586 Å². The van der Waals surface area contributed by atoms with Gasteiger partial charge >= 0.3 is 23.9 Å². The normalized spacial score (nSPS) is 13.3. The van der Waals surface area contributed by atoms with Crippen molar-refractivity contribution < 1.29 is 124 Å². The van der Waals surface area contributed by atoms with Crippen LogP contribution in [0.15, 0.2) is 218 Å². The highest BCUT2D eigenvalue weighted by atomic mass is 127. The van der Waals surface area contributed by atoms with Crippen molar-refractivity contribution in [3.05, 3.63) is 229 Å². The fourth-order valence-electron chi connectivity index (χ4n) is 9.29. The zero-order chi connectivity index (χ0) is 99.9. The first-order chi connectivity index (χ1) is 61.5. The highest BCUT2D eigenvalue weighted by molar-refractivity contribution is 14.1. The van der Waals surface area contributed by atoms with Crippen LogP contribution in [0.4, 0.5) is 11.4 Å². The second kappa shape index (κ2) is 54.4. The van der Waals surface area contributed by atoms with Gasteiger partial charge in [-0.15, -0.1) is 12.0 Å². The second-order valence-electron chi connectivity index (χ2n) is 28.0. The number of carbonyl (C=O) groups is 5. The lowest BCUT2D eigenvalue weighted by Crippen LogP contribution is -2.51. The summed E-state index contributed by atoms with van der Waals surface area (Å²) in [5.74, 6) is 22.8. The minimum absolute atomic E-state index is 0.0162. The van der Waals surface area contributed by atoms with Crippen molar-refractivity contribution >= 4 is 164 Å². The minimum Gasteiger partial charge on any atom is -0.468 e. The number of ether oxygens (including phenoxy) is 4. The molecule has 0 saturated carbocycles. The molecule has 1 heterocycles. The lowest BCUT2D eigenvalue weighted by Gasteiger charge is -2.18. The van der Waals surface area contributed by atoms with Crippen LogP contribution >= 0.6 is 55.9 Å². The molecule has 0 radical (unpaired) electrons. The van der Waals surface area contributed by atoms with E-state index < -0.39 is 158 Å². The first-order valence-electron chi connectivity index (χ1n) is 37.7. The number of hydrogen-bond acceptors (Lipinski definition) is 30. The number of hydrogen-bond donors (Lipinski definition) is 14. The number of hydroxylamine groups is 1. The number of terminal acetylenes is 1. The third-order valence-electron chi connectivity index (χ3n) is 16.3. The number of carbonyl (C=O) groups excluding carboxylic acids is 5. The maximum absolute atomic E-state index is 12.4. The number of aliphatic hydroxyl groups excluding tert-OH is 5. The van der Waals surface area contributed by atoms with Crippen molar-refractivity contribution in [1.82, 2.24) is 34.1 Å². The molecule has 36 nitrogen and oxygen atoms in total. The van der Waals surface area contributed by atoms with E-state index in [1.807, 2.05) is 27.3 Å². The van der Waals surface area contributed by atoms with Gasteiger partial charge in [-0.05, 0) is 285 Å². The Morgan fingerprint density at radius 3 is 0.864 bits per heavy atom. The van der Waals surface area contributed by atoms with E-state index in [1.165, 1.54) is 143 Å². The molecule has 1 aromatic heterocycles. The number of sulfonamides is 5. The first-order valence-corrected chi connectivity index (χ1v) is 53.1. The van der Waals surface area contributed by atoms with Crippen LogP contribution in [0.3, 0.4) is 0 Å². The van der Waals surface area contributed by atoms with E-state index in [9.17, 15) is 100 Å². The molecule has 0 bridgehead atoms. The van der Waals surface area contributed by atoms with Crippen molar-refractivity contribution in [1.29, 1.82) is 0 Å². The number of pyridine rings is 1. The number of nitrogen functional groups attached to an aromatic ring is 2. The SMILES string of the molecule is C#Cc1ccc(S(=O)(=O)N[C@H](C(=O)OC)[C@@H](C)O)cc1.COC(=O)[C@@H](NS(=O)(=O)c1ccc(C#CC#Cc2ccc(N)cc2)cc1)[C@@H](C)O.COC(=O)[C@@H](NS(=O)(=O)c1ccc(C#C[Si](C)(C)C)cc1)[C@@H](C)O.COC(=O)[C@@H](NS(=O)(=O)c1ccc(I)cc1)[C@@H](C)O.C[C@@H](O)[C@H](NS(=O)(=O)c1ccc(C#CC#Cc2ccc(N)cc2)cn1)C(=O)NO.O=S(=O)(Cl)c1ccc(I)cc1. The summed E-state index contributed by atoms with van der Waals surface area (Å²) in [7, 11) is -15.6. The zero-order valence-corrected chi connectivity index (χ0v) is 83.2. The lowest BCUT2D eigenvalue weighted by atomic mass is 10.2. The van der Waals surface area contributed by atoms with Gasteiger partial charge in [-0.1, -0.05) is 55.2 Å². The van der Waals surface area contributed by atoms with Gasteiger partial charge in [0, 0.05) is 68.8 Å². The summed E-state index contributed by atoms with van der Waals surface area (Å²) in [4.78, 5) is 61.3. The smallest absolute Gasteiger partial charge is 0.326 e. The maximum Gasteiger partial charge on any atom is 0.326 e. The fourth-order valence-corrected chi connectivity index (χ4v) is 17.5. The van der Waals surface area contributed by atoms with E-state index in [2.05, 4.69) is 150 Å². The summed E-state index contributed by atoms with van der Waals surface area (Å²) >= 11 is 4.13. The monoisotopic (exact) mass is 2190 g/mol.